The summed E-state index contributed by atoms with van der Waals surface area (Å²) in [5, 5.41) is 54.9. The van der Waals surface area contributed by atoms with E-state index in [9.17, 15) is 5.02 Å². The van der Waals surface area contributed by atoms with E-state index in [1.807, 2.05) is 218 Å². The Bertz CT molecular complexity index is 7820. The lowest BCUT2D eigenvalue weighted by molar-refractivity contribution is 0.450. The molecule has 0 bridgehead atoms. The summed E-state index contributed by atoms with van der Waals surface area (Å²) >= 11 is 0. The molecular weight excluding hydrogens is 1600 g/mol. The van der Waals surface area contributed by atoms with E-state index in [4.69, 9.17) is 65.5 Å². The standard InChI is InChI=1S/2C24H16BO3.C22H14BN2O3.2C18H12BO3/c26-25-28-22-15-18(16-8-3-1-4-9-16)14-20-23-19(17-10-5-2-6-11-17)12-7-13-21(23)27-24(20)22;26-25-28-22-8-4-7-21-20-14-13-19(15-23(20)27-24(21)22)18-11-9-17(10-12-18)16-5-2-1-3-6-16;26-23-28-19-7-2-5-17-20-16(4-1-6-18(20)27-21(17)19)14-8-10-15(11-9-14)22-24-12-3-13-25-22;20-19-22-16-11-5-9-14-17-13(12-6-2-1-3-7-12)8-4-10-15(17)21-18(14)16;20-19-22-16-8-4-7-15-14-10-9-13(11-17(14)21-18(15)16)12-5-2-1-3-6-12/h2*1-15,26H;1-13,26H;2*1-11,20H. The Morgan fingerprint density at radius 3 is 0.867 bits per heavy atom. The minimum atomic E-state index is 0.471. The van der Waals surface area contributed by atoms with Crippen molar-refractivity contribution in [3.8, 4) is 118 Å². The smallest absolute Gasteiger partial charge is 0.535 e. The molecule has 17 aromatic carbocycles. The average molecular weight is 1670 g/mol. The van der Waals surface area contributed by atoms with Gasteiger partial charge in [0, 0.05) is 71.8 Å². The molecule has 0 saturated heterocycles. The Hall–Kier alpha value is -16.1. The Labute approximate surface area is 736 Å². The van der Waals surface area contributed by atoms with Gasteiger partial charge in [-0.2, -0.15) is 0 Å². The lowest BCUT2D eigenvalue weighted by Crippen LogP contribution is -2.00. The average Bonchev–Trinajstić information content (AvgIpc) is 1.59. The topological polar surface area (TPSA) is 239 Å². The highest BCUT2D eigenvalue weighted by molar-refractivity contribution is 6.23. The van der Waals surface area contributed by atoms with Gasteiger partial charge in [-0.3, -0.25) is 0 Å². The molecule has 0 unspecified atom stereocenters. The first-order valence-electron chi connectivity index (χ1n) is 40.9. The second-order valence-corrected chi connectivity index (χ2v) is 29.5. The Morgan fingerprint density at radius 1 is 0.188 bits per heavy atom. The molecule has 5 N–H and O–H groups in total. The molecule has 22 heteroatoms. The molecular formula is C106H70B5N2O15. The molecule has 17 nitrogen and oxygen atoms in total. The molecule has 0 fully saturated rings. The highest BCUT2D eigenvalue weighted by atomic mass is 16.5. The zero-order valence-electron chi connectivity index (χ0n) is 68.1. The number of rotatable bonds is 18. The van der Waals surface area contributed by atoms with E-state index in [0.717, 1.165) is 154 Å². The van der Waals surface area contributed by atoms with Crippen molar-refractivity contribution >= 4 is 148 Å². The summed E-state index contributed by atoms with van der Waals surface area (Å²) in [6, 6.07) is 126. The third kappa shape index (κ3) is 16.8. The van der Waals surface area contributed by atoms with Gasteiger partial charge in [-0.25, -0.2) is 9.97 Å². The number of para-hydroxylation sites is 4. The third-order valence-corrected chi connectivity index (χ3v) is 22.1. The molecule has 0 aliphatic carbocycles. The second kappa shape index (κ2) is 37.6. The molecule has 6 heterocycles. The molecule has 0 aliphatic heterocycles. The summed E-state index contributed by atoms with van der Waals surface area (Å²) in [7, 11) is 3.35. The molecule has 5 radical (unpaired) electrons. The van der Waals surface area contributed by atoms with Crippen LogP contribution < -0.4 is 23.3 Å². The molecule has 0 aliphatic rings. The fourth-order valence-corrected chi connectivity index (χ4v) is 16.3. The van der Waals surface area contributed by atoms with Crippen molar-refractivity contribution in [2.24, 2.45) is 0 Å². The summed E-state index contributed by atoms with van der Waals surface area (Å²) in [4.78, 5) is 8.60. The molecule has 128 heavy (non-hydrogen) atoms. The number of hydrogen-bond donors (Lipinski definition) is 5. The van der Waals surface area contributed by atoms with Crippen molar-refractivity contribution < 1.29 is 70.5 Å². The van der Waals surface area contributed by atoms with Crippen LogP contribution in [0.1, 0.15) is 0 Å². The molecule has 0 amide bonds. The van der Waals surface area contributed by atoms with Crippen LogP contribution in [0.5, 0.6) is 28.7 Å². The van der Waals surface area contributed by atoms with Gasteiger partial charge in [0.2, 0.25) is 0 Å². The highest BCUT2D eigenvalue weighted by Gasteiger charge is 2.23. The maximum absolute atomic E-state index is 9.26. The van der Waals surface area contributed by atoms with E-state index in [1.54, 1.807) is 42.7 Å². The normalized spacial score (nSPS) is 11.0. The minimum absolute atomic E-state index is 0.471. The first-order valence-corrected chi connectivity index (χ1v) is 40.9. The summed E-state index contributed by atoms with van der Waals surface area (Å²) < 4.78 is 56.0. The molecule has 0 atom stereocenters. The van der Waals surface area contributed by atoms with Crippen LogP contribution in [0.4, 0.5) is 0 Å². The SMILES string of the molecule is O[B]Oc1cc(-c2ccccc2)cc2c1oc1cccc(-c3ccccc3)c12.O[B]Oc1cccc2c1oc1cc(-c3ccc(-c4ccccc4)cc3)ccc12.O[B]Oc1cccc2c1oc1cc(-c3ccccc3)ccc12.O[B]Oc1cccc2c1oc1cccc(-c3ccc(-c4ncccn4)cc3)c12.O[B]Oc1cccc2c1oc1cccc(-c3ccccc3)c12. The number of hydrogen-bond acceptors (Lipinski definition) is 17. The molecule has 0 spiro atoms. The van der Waals surface area contributed by atoms with Crippen LogP contribution in [-0.2, 0) is 0 Å². The lowest BCUT2D eigenvalue weighted by Gasteiger charge is -2.08. The number of nitrogens with zero attached hydrogens (tertiary/aromatic N) is 2. The van der Waals surface area contributed by atoms with E-state index in [0.29, 0.717) is 101 Å². The van der Waals surface area contributed by atoms with Gasteiger partial charge in [-0.05, 0) is 163 Å². The first-order chi connectivity index (χ1) is 63.3. The Morgan fingerprint density at radius 2 is 0.469 bits per heavy atom. The molecule has 6 aromatic heterocycles. The van der Waals surface area contributed by atoms with Crippen LogP contribution in [0, 0.1) is 0 Å². The van der Waals surface area contributed by atoms with Gasteiger partial charge in [-0.1, -0.05) is 297 Å². The zero-order valence-corrected chi connectivity index (χ0v) is 68.1. The molecule has 23 rings (SSSR count). The maximum Gasteiger partial charge on any atom is 0.569 e. The van der Waals surface area contributed by atoms with Gasteiger partial charge >= 0.3 is 38.4 Å². The van der Waals surface area contributed by atoms with Gasteiger partial charge in [0.15, 0.2) is 33.7 Å². The lowest BCUT2D eigenvalue weighted by atomic mass is 9.97. The molecule has 609 valence electrons. The zero-order chi connectivity index (χ0) is 86.7. The molecule has 23 aromatic rings. The van der Waals surface area contributed by atoms with Gasteiger partial charge in [0.25, 0.3) is 0 Å². The number of furan rings is 5. The van der Waals surface area contributed by atoms with Crippen LogP contribution in [0.15, 0.2) is 417 Å². The fourth-order valence-electron chi connectivity index (χ4n) is 16.3. The van der Waals surface area contributed by atoms with Crippen LogP contribution >= 0.6 is 0 Å². The number of aromatic nitrogens is 2. The Balaban J connectivity index is 0.000000105. The summed E-state index contributed by atoms with van der Waals surface area (Å²) in [6.07, 6.45) is 3.47. The van der Waals surface area contributed by atoms with E-state index >= 15 is 0 Å². The van der Waals surface area contributed by atoms with Gasteiger partial charge < -0.3 is 70.5 Å². The van der Waals surface area contributed by atoms with E-state index < -0.39 is 0 Å². The predicted molar refractivity (Wildman–Crippen MR) is 511 cm³/mol. The summed E-state index contributed by atoms with van der Waals surface area (Å²) in [5.74, 6) is 3.13. The quantitative estimate of drug-likeness (QED) is 0.0502. The van der Waals surface area contributed by atoms with Gasteiger partial charge in [0.05, 0.1) is 0 Å². The van der Waals surface area contributed by atoms with Crippen molar-refractivity contribution in [1.82, 2.24) is 9.97 Å². The van der Waals surface area contributed by atoms with Crippen molar-refractivity contribution in [3.63, 3.8) is 0 Å². The van der Waals surface area contributed by atoms with E-state index in [2.05, 4.69) is 143 Å². The van der Waals surface area contributed by atoms with E-state index in [-0.39, 0.29) is 0 Å². The maximum atomic E-state index is 9.26. The van der Waals surface area contributed by atoms with Crippen molar-refractivity contribution in [2.45, 2.75) is 0 Å². The molecule has 0 saturated carbocycles. The summed E-state index contributed by atoms with van der Waals surface area (Å²) in [6.45, 7) is 0. The van der Waals surface area contributed by atoms with Crippen LogP contribution in [0.2, 0.25) is 0 Å². The third-order valence-electron chi connectivity index (χ3n) is 22.1. The summed E-state index contributed by atoms with van der Waals surface area (Å²) in [5.41, 5.74) is 23.5. The van der Waals surface area contributed by atoms with Crippen molar-refractivity contribution in [1.29, 1.82) is 0 Å². The highest BCUT2D eigenvalue weighted by Crippen LogP contribution is 2.47. The second-order valence-electron chi connectivity index (χ2n) is 29.5. The predicted octanol–water partition coefficient (Wildman–Crippen LogP) is 24.6. The minimum Gasteiger partial charge on any atom is -0.535 e. The first kappa shape index (κ1) is 81.6. The van der Waals surface area contributed by atoms with Crippen LogP contribution in [0.3, 0.4) is 0 Å². The fraction of sp³-hybridized carbons (Fsp3) is 0. The largest absolute Gasteiger partial charge is 0.569 e. The monoisotopic (exact) mass is 1670 g/mol. The van der Waals surface area contributed by atoms with Crippen molar-refractivity contribution in [2.75, 3.05) is 0 Å². The number of benzene rings is 17. The number of fused-ring (bicyclic) bond motifs is 15. The van der Waals surface area contributed by atoms with Gasteiger partial charge in [0.1, 0.15) is 56.7 Å². The van der Waals surface area contributed by atoms with Crippen LogP contribution in [-0.4, -0.2) is 73.5 Å². The Kier molecular flexibility index (Phi) is 23.9. The van der Waals surface area contributed by atoms with Crippen molar-refractivity contribution in [3.05, 3.63) is 395 Å². The van der Waals surface area contributed by atoms with Gasteiger partial charge in [-0.15, -0.1) is 0 Å². The van der Waals surface area contributed by atoms with Crippen LogP contribution in [0.25, 0.3) is 199 Å². The van der Waals surface area contributed by atoms with E-state index in [1.165, 1.54) is 11.1 Å².